The third-order valence-corrected chi connectivity index (χ3v) is 6.25. The molecule has 0 radical (unpaired) electrons. The van der Waals surface area contributed by atoms with Gasteiger partial charge in [-0.15, -0.1) is 0 Å². The Balaban J connectivity index is 2.43. The lowest BCUT2D eigenvalue weighted by Gasteiger charge is -2.34. The lowest BCUT2D eigenvalue weighted by atomic mass is 10.0. The summed E-state index contributed by atoms with van der Waals surface area (Å²) in [7, 11) is -3.78. The highest BCUT2D eigenvalue weighted by Crippen LogP contribution is 2.32. The molecular weight excluding hydrogens is 317 g/mol. The molecule has 2 rings (SSSR count). The first-order valence-corrected chi connectivity index (χ1v) is 8.78. The van der Waals surface area contributed by atoms with Crippen LogP contribution in [0.4, 0.5) is 4.39 Å². The van der Waals surface area contributed by atoms with Crippen molar-refractivity contribution in [1.29, 1.82) is 0 Å². The predicted molar refractivity (Wildman–Crippen MR) is 79.4 cm³/mol. The molecule has 0 aliphatic carbocycles. The maximum absolute atomic E-state index is 13.5. The van der Waals surface area contributed by atoms with E-state index in [1.165, 1.54) is 17.3 Å². The molecule has 0 saturated carbocycles. The number of aliphatic hydroxyl groups excluding tert-OH is 1. The van der Waals surface area contributed by atoms with Gasteiger partial charge >= 0.3 is 0 Å². The quantitative estimate of drug-likeness (QED) is 0.920. The summed E-state index contributed by atoms with van der Waals surface area (Å²) < 4.78 is 40.4. The zero-order valence-corrected chi connectivity index (χ0v) is 13.4. The van der Waals surface area contributed by atoms with E-state index in [2.05, 4.69) is 0 Å². The Bertz CT molecular complexity index is 619. The minimum Gasteiger partial charge on any atom is -0.396 e. The number of piperidine rings is 1. The lowest BCUT2D eigenvalue weighted by molar-refractivity contribution is 0.192. The summed E-state index contributed by atoms with van der Waals surface area (Å²) in [5, 5.41) is 9.01. The number of hydrogen-bond acceptors (Lipinski definition) is 3. The predicted octanol–water partition coefficient (Wildman–Crippen LogP) is 2.71. The topological polar surface area (TPSA) is 57.6 Å². The summed E-state index contributed by atoms with van der Waals surface area (Å²) in [6.45, 7) is 1.85. The van der Waals surface area contributed by atoms with Gasteiger partial charge in [-0.05, 0) is 43.9 Å². The van der Waals surface area contributed by atoms with Crippen LogP contribution in [0.2, 0.25) is 5.02 Å². The highest BCUT2D eigenvalue weighted by molar-refractivity contribution is 7.89. The number of nitrogens with zero attached hydrogens (tertiary/aromatic N) is 1. The number of benzene rings is 1. The van der Waals surface area contributed by atoms with Gasteiger partial charge in [-0.3, -0.25) is 0 Å². The maximum atomic E-state index is 13.5. The van der Waals surface area contributed by atoms with Crippen molar-refractivity contribution in [2.75, 3.05) is 13.2 Å². The van der Waals surface area contributed by atoms with Crippen LogP contribution in [0.25, 0.3) is 0 Å². The molecule has 1 aromatic rings. The molecule has 1 N–H and O–H groups in total. The van der Waals surface area contributed by atoms with Crippen LogP contribution < -0.4 is 0 Å². The Morgan fingerprint density at radius 3 is 2.81 bits per heavy atom. The Labute approximate surface area is 129 Å². The van der Waals surface area contributed by atoms with E-state index in [9.17, 15) is 12.8 Å². The first-order chi connectivity index (χ1) is 9.87. The van der Waals surface area contributed by atoms with Crippen molar-refractivity contribution in [2.24, 2.45) is 0 Å². The molecule has 21 heavy (non-hydrogen) atoms. The van der Waals surface area contributed by atoms with Gasteiger partial charge in [0.25, 0.3) is 0 Å². The smallest absolute Gasteiger partial charge is 0.244 e. The van der Waals surface area contributed by atoms with Crippen molar-refractivity contribution in [3.05, 3.63) is 28.5 Å². The fraction of sp³-hybridized carbons (Fsp3) is 0.571. The van der Waals surface area contributed by atoms with Crippen molar-refractivity contribution in [2.45, 2.75) is 43.5 Å². The molecule has 7 heteroatoms. The van der Waals surface area contributed by atoms with Crippen molar-refractivity contribution < 1.29 is 17.9 Å². The van der Waals surface area contributed by atoms with Gasteiger partial charge in [0.1, 0.15) is 10.7 Å². The van der Waals surface area contributed by atoms with Crippen molar-refractivity contribution in [3.8, 4) is 0 Å². The standard InChI is InChI=1S/C14H19ClFNO3S/c1-10-8-14(12(15)9-13(10)16)21(19,20)17-6-3-2-4-11(17)5-7-18/h8-9,11,18H,2-7H2,1H3. The number of aliphatic hydroxyl groups is 1. The molecule has 118 valence electrons. The Kier molecular flexibility index (Phi) is 5.24. The maximum Gasteiger partial charge on any atom is 0.244 e. The number of sulfonamides is 1. The van der Waals surface area contributed by atoms with Crippen LogP contribution in [0, 0.1) is 12.7 Å². The molecule has 0 bridgehead atoms. The average molecular weight is 336 g/mol. The fourth-order valence-corrected chi connectivity index (χ4v) is 4.98. The first-order valence-electron chi connectivity index (χ1n) is 6.96. The summed E-state index contributed by atoms with van der Waals surface area (Å²) in [6.07, 6.45) is 2.83. The number of aryl methyl sites for hydroxylation is 1. The first kappa shape index (κ1) is 16.7. The largest absolute Gasteiger partial charge is 0.396 e. The summed E-state index contributed by atoms with van der Waals surface area (Å²) in [4.78, 5) is -0.0621. The normalized spacial score (nSPS) is 20.7. The van der Waals surface area contributed by atoms with Gasteiger partial charge in [-0.25, -0.2) is 12.8 Å². The third kappa shape index (κ3) is 3.39. The molecular formula is C14H19ClFNO3S. The minimum atomic E-state index is -3.78. The zero-order valence-electron chi connectivity index (χ0n) is 11.8. The molecule has 1 aliphatic rings. The summed E-state index contributed by atoms with van der Waals surface area (Å²) >= 11 is 5.93. The van der Waals surface area contributed by atoms with E-state index in [-0.39, 0.29) is 28.1 Å². The van der Waals surface area contributed by atoms with E-state index in [0.717, 1.165) is 25.3 Å². The van der Waals surface area contributed by atoms with Gasteiger partial charge < -0.3 is 5.11 Å². The number of halogens is 2. The molecule has 4 nitrogen and oxygen atoms in total. The van der Waals surface area contributed by atoms with Crippen LogP contribution in [0.1, 0.15) is 31.2 Å². The summed E-state index contributed by atoms with van der Waals surface area (Å²) in [5.41, 5.74) is 0.244. The Morgan fingerprint density at radius 1 is 1.43 bits per heavy atom. The molecule has 1 unspecified atom stereocenters. The van der Waals surface area contributed by atoms with E-state index in [0.29, 0.717) is 13.0 Å². The van der Waals surface area contributed by atoms with Gasteiger partial charge in [-0.2, -0.15) is 4.31 Å². The zero-order chi connectivity index (χ0) is 15.6. The fourth-order valence-electron chi connectivity index (χ4n) is 2.68. The Morgan fingerprint density at radius 2 is 2.14 bits per heavy atom. The van der Waals surface area contributed by atoms with Crippen molar-refractivity contribution in [3.63, 3.8) is 0 Å². The van der Waals surface area contributed by atoms with E-state index >= 15 is 0 Å². The van der Waals surface area contributed by atoms with Gasteiger partial charge in [0.2, 0.25) is 10.0 Å². The molecule has 0 spiro atoms. The molecule has 1 fully saturated rings. The van der Waals surface area contributed by atoms with Crippen LogP contribution in [-0.4, -0.2) is 37.0 Å². The Hall–Kier alpha value is -0.690. The SMILES string of the molecule is Cc1cc(S(=O)(=O)N2CCCCC2CCO)c(Cl)cc1F. The summed E-state index contributed by atoms with van der Waals surface area (Å²) in [6, 6.07) is 2.09. The molecule has 1 heterocycles. The van der Waals surface area contributed by atoms with Gasteiger partial charge in [0.15, 0.2) is 0 Å². The monoisotopic (exact) mass is 335 g/mol. The van der Waals surface area contributed by atoms with E-state index in [1.54, 1.807) is 0 Å². The highest BCUT2D eigenvalue weighted by Gasteiger charge is 2.34. The van der Waals surface area contributed by atoms with Gasteiger partial charge in [-0.1, -0.05) is 18.0 Å². The van der Waals surface area contributed by atoms with Crippen LogP contribution in [0.15, 0.2) is 17.0 Å². The second kappa shape index (κ2) is 6.60. The number of hydrogen-bond donors (Lipinski definition) is 1. The number of rotatable bonds is 4. The van der Waals surface area contributed by atoms with Crippen LogP contribution in [-0.2, 0) is 10.0 Å². The molecule has 0 amide bonds. The van der Waals surface area contributed by atoms with E-state index in [4.69, 9.17) is 16.7 Å². The second-order valence-corrected chi connectivity index (χ2v) is 7.58. The second-order valence-electron chi connectivity index (χ2n) is 5.31. The van der Waals surface area contributed by atoms with E-state index in [1.807, 2.05) is 0 Å². The van der Waals surface area contributed by atoms with E-state index < -0.39 is 15.8 Å². The summed E-state index contributed by atoms with van der Waals surface area (Å²) in [5.74, 6) is -0.524. The minimum absolute atomic E-state index is 0.0621. The molecule has 0 aromatic heterocycles. The highest BCUT2D eigenvalue weighted by atomic mass is 35.5. The molecule has 1 aromatic carbocycles. The van der Waals surface area contributed by atoms with Crippen LogP contribution >= 0.6 is 11.6 Å². The lowest BCUT2D eigenvalue weighted by Crippen LogP contribution is -2.44. The van der Waals surface area contributed by atoms with Crippen LogP contribution in [0.3, 0.4) is 0 Å². The van der Waals surface area contributed by atoms with Crippen molar-refractivity contribution in [1.82, 2.24) is 4.31 Å². The average Bonchev–Trinajstić information content (AvgIpc) is 2.43. The van der Waals surface area contributed by atoms with Gasteiger partial charge in [0.05, 0.1) is 5.02 Å². The molecule has 1 saturated heterocycles. The van der Waals surface area contributed by atoms with Crippen molar-refractivity contribution >= 4 is 21.6 Å². The molecule has 1 atom stereocenters. The molecule has 1 aliphatic heterocycles. The van der Waals surface area contributed by atoms with Crippen LogP contribution in [0.5, 0.6) is 0 Å². The third-order valence-electron chi connectivity index (χ3n) is 3.84. The van der Waals surface area contributed by atoms with Gasteiger partial charge in [0, 0.05) is 19.2 Å².